The molecule has 0 fully saturated rings. The number of carbonyl (C=O) groups is 2. The van der Waals surface area contributed by atoms with E-state index in [0.29, 0.717) is 6.42 Å². The topological polar surface area (TPSA) is 58.2 Å². The number of amides is 1. The minimum Gasteiger partial charge on any atom is -0.345 e. The van der Waals surface area contributed by atoms with Gasteiger partial charge >= 0.3 is 0 Å². The molecule has 0 saturated heterocycles. The Labute approximate surface area is 172 Å². The molecule has 4 nitrogen and oxygen atoms in total. The molecule has 4 heteroatoms. The van der Waals surface area contributed by atoms with E-state index in [0.717, 1.165) is 16.7 Å². The van der Waals surface area contributed by atoms with Crippen molar-refractivity contribution in [2.75, 3.05) is 6.54 Å². The summed E-state index contributed by atoms with van der Waals surface area (Å²) in [6.07, 6.45) is 0.489. The fraction of sp³-hybridized carbons (Fsp3) is 0.200. The molecule has 2 N–H and O–H groups in total. The molecule has 0 heterocycles. The van der Waals surface area contributed by atoms with Crippen molar-refractivity contribution in [2.45, 2.75) is 25.4 Å². The molecule has 0 aliphatic heterocycles. The highest BCUT2D eigenvalue weighted by atomic mass is 16.2. The van der Waals surface area contributed by atoms with E-state index in [1.54, 1.807) is 0 Å². The van der Waals surface area contributed by atoms with Gasteiger partial charge in [0.05, 0.1) is 18.6 Å². The lowest BCUT2D eigenvalue weighted by Gasteiger charge is -2.21. The van der Waals surface area contributed by atoms with Crippen molar-refractivity contribution in [1.29, 1.82) is 0 Å². The monoisotopic (exact) mass is 386 g/mol. The molecule has 3 aromatic rings. The van der Waals surface area contributed by atoms with Gasteiger partial charge in [-0.15, -0.1) is 0 Å². The molecule has 29 heavy (non-hydrogen) atoms. The number of rotatable bonds is 9. The van der Waals surface area contributed by atoms with Crippen LogP contribution in [0.3, 0.4) is 0 Å². The Morgan fingerprint density at radius 3 is 1.72 bits per heavy atom. The van der Waals surface area contributed by atoms with Crippen molar-refractivity contribution in [3.63, 3.8) is 0 Å². The predicted molar refractivity (Wildman–Crippen MR) is 115 cm³/mol. The first kappa shape index (κ1) is 20.5. The van der Waals surface area contributed by atoms with Crippen molar-refractivity contribution in [1.82, 2.24) is 10.6 Å². The zero-order chi connectivity index (χ0) is 20.5. The van der Waals surface area contributed by atoms with E-state index in [4.69, 9.17) is 0 Å². The zero-order valence-corrected chi connectivity index (χ0v) is 16.5. The molecule has 0 saturated carbocycles. The standard InChI is InChI=1S/C25H26N2O2/c1-19(28)23(17-20-11-5-2-6-12-20)27-24(29)18-26-25(21-13-7-3-8-14-21)22-15-9-4-10-16-22/h2-16,23,25-26H,17-18H2,1H3,(H,27,29)/t23-/m1/s1. The van der Waals surface area contributed by atoms with Gasteiger partial charge in [-0.3, -0.25) is 14.9 Å². The Balaban J connectivity index is 1.65. The summed E-state index contributed by atoms with van der Waals surface area (Å²) in [4.78, 5) is 24.6. The van der Waals surface area contributed by atoms with Crippen LogP contribution in [0, 0.1) is 0 Å². The normalized spacial score (nSPS) is 11.8. The van der Waals surface area contributed by atoms with Crippen LogP contribution in [0.5, 0.6) is 0 Å². The van der Waals surface area contributed by atoms with Crippen molar-refractivity contribution in [3.8, 4) is 0 Å². The van der Waals surface area contributed by atoms with Crippen LogP contribution in [0.4, 0.5) is 0 Å². The van der Waals surface area contributed by atoms with Gasteiger partial charge in [-0.2, -0.15) is 0 Å². The van der Waals surface area contributed by atoms with Crippen LogP contribution in [0.15, 0.2) is 91.0 Å². The van der Waals surface area contributed by atoms with Gasteiger partial charge < -0.3 is 5.32 Å². The average Bonchev–Trinajstić information content (AvgIpc) is 2.75. The van der Waals surface area contributed by atoms with E-state index in [2.05, 4.69) is 10.6 Å². The van der Waals surface area contributed by atoms with Gasteiger partial charge in [0.1, 0.15) is 0 Å². The Morgan fingerprint density at radius 2 is 1.24 bits per heavy atom. The van der Waals surface area contributed by atoms with Crippen LogP contribution < -0.4 is 10.6 Å². The number of hydrogen-bond donors (Lipinski definition) is 2. The summed E-state index contributed by atoms with van der Waals surface area (Å²) < 4.78 is 0. The molecule has 1 amide bonds. The summed E-state index contributed by atoms with van der Waals surface area (Å²) in [6.45, 7) is 1.63. The maximum absolute atomic E-state index is 12.6. The lowest BCUT2D eigenvalue weighted by atomic mass is 9.99. The fourth-order valence-corrected chi connectivity index (χ4v) is 3.31. The SMILES string of the molecule is CC(=O)[C@@H](Cc1ccccc1)NC(=O)CNC(c1ccccc1)c1ccccc1. The Kier molecular flexibility index (Phi) is 7.31. The van der Waals surface area contributed by atoms with Gasteiger partial charge in [0, 0.05) is 0 Å². The third-order valence-corrected chi connectivity index (χ3v) is 4.84. The molecule has 148 valence electrons. The molecule has 0 aliphatic carbocycles. The number of Topliss-reactive ketones (excluding diaryl/α,β-unsaturated/α-hetero) is 1. The summed E-state index contributed by atoms with van der Waals surface area (Å²) in [5.74, 6) is -0.247. The van der Waals surface area contributed by atoms with Crippen molar-refractivity contribution in [3.05, 3.63) is 108 Å². The zero-order valence-electron chi connectivity index (χ0n) is 16.5. The van der Waals surface area contributed by atoms with Crippen molar-refractivity contribution < 1.29 is 9.59 Å². The quantitative estimate of drug-likeness (QED) is 0.590. The molecule has 0 aliphatic rings. The van der Waals surface area contributed by atoms with Gasteiger partial charge in [-0.05, 0) is 30.0 Å². The molecule has 1 atom stereocenters. The van der Waals surface area contributed by atoms with Crippen molar-refractivity contribution >= 4 is 11.7 Å². The Morgan fingerprint density at radius 1 is 0.759 bits per heavy atom. The van der Waals surface area contributed by atoms with Crippen molar-refractivity contribution in [2.24, 2.45) is 0 Å². The third kappa shape index (κ3) is 6.13. The second-order valence-corrected chi connectivity index (χ2v) is 7.06. The first-order chi connectivity index (χ1) is 14.1. The van der Waals surface area contributed by atoms with E-state index in [-0.39, 0.29) is 24.3 Å². The number of carbonyl (C=O) groups excluding carboxylic acids is 2. The minimum atomic E-state index is -0.529. The number of nitrogens with one attached hydrogen (secondary N) is 2. The molecule has 0 bridgehead atoms. The summed E-state index contributed by atoms with van der Waals surface area (Å²) in [5.41, 5.74) is 3.19. The summed E-state index contributed by atoms with van der Waals surface area (Å²) in [6, 6.07) is 29.1. The van der Waals surface area contributed by atoms with Gasteiger partial charge in [0.2, 0.25) is 5.91 Å². The van der Waals surface area contributed by atoms with Crippen LogP contribution >= 0.6 is 0 Å². The van der Waals surface area contributed by atoms with E-state index < -0.39 is 6.04 Å². The second kappa shape index (κ2) is 10.3. The molecular formula is C25H26N2O2. The lowest BCUT2D eigenvalue weighted by Crippen LogP contribution is -2.45. The third-order valence-electron chi connectivity index (χ3n) is 4.84. The maximum atomic E-state index is 12.6. The van der Waals surface area contributed by atoms with E-state index in [1.165, 1.54) is 6.92 Å². The molecule has 0 radical (unpaired) electrons. The van der Waals surface area contributed by atoms with Gasteiger partial charge in [0.15, 0.2) is 5.78 Å². The summed E-state index contributed by atoms with van der Waals surface area (Å²) in [7, 11) is 0. The van der Waals surface area contributed by atoms with E-state index in [1.807, 2.05) is 91.0 Å². The molecule has 0 aromatic heterocycles. The lowest BCUT2D eigenvalue weighted by molar-refractivity contribution is -0.126. The molecular weight excluding hydrogens is 360 g/mol. The van der Waals surface area contributed by atoms with Gasteiger partial charge in [-0.25, -0.2) is 0 Å². The molecule has 3 rings (SSSR count). The minimum absolute atomic E-state index is 0.0510. The predicted octanol–water partition coefficient (Wildman–Crippen LogP) is 3.68. The summed E-state index contributed by atoms with van der Waals surface area (Å²) in [5, 5.41) is 6.21. The van der Waals surface area contributed by atoms with Gasteiger partial charge in [0.25, 0.3) is 0 Å². The molecule has 0 spiro atoms. The largest absolute Gasteiger partial charge is 0.345 e. The number of benzene rings is 3. The first-order valence-corrected chi connectivity index (χ1v) is 9.80. The smallest absolute Gasteiger partial charge is 0.234 e. The van der Waals surface area contributed by atoms with Gasteiger partial charge in [-0.1, -0.05) is 91.0 Å². The first-order valence-electron chi connectivity index (χ1n) is 9.80. The maximum Gasteiger partial charge on any atom is 0.234 e. The highest BCUT2D eigenvalue weighted by Crippen LogP contribution is 2.21. The molecule has 3 aromatic carbocycles. The van der Waals surface area contributed by atoms with Crippen LogP contribution in [0.2, 0.25) is 0 Å². The summed E-state index contributed by atoms with van der Waals surface area (Å²) >= 11 is 0. The Hall–Kier alpha value is -3.24. The van der Waals surface area contributed by atoms with E-state index >= 15 is 0 Å². The highest BCUT2D eigenvalue weighted by Gasteiger charge is 2.19. The number of hydrogen-bond acceptors (Lipinski definition) is 3. The number of ketones is 1. The Bertz CT molecular complexity index is 872. The fourth-order valence-electron chi connectivity index (χ4n) is 3.31. The molecule has 0 unspecified atom stereocenters. The van der Waals surface area contributed by atoms with Crippen LogP contribution in [-0.4, -0.2) is 24.3 Å². The average molecular weight is 386 g/mol. The van der Waals surface area contributed by atoms with E-state index in [9.17, 15) is 9.59 Å². The van der Waals surface area contributed by atoms with Crippen LogP contribution in [0.25, 0.3) is 0 Å². The second-order valence-electron chi connectivity index (χ2n) is 7.06. The van der Waals surface area contributed by atoms with Crippen LogP contribution in [0.1, 0.15) is 29.7 Å². The van der Waals surface area contributed by atoms with Crippen LogP contribution in [-0.2, 0) is 16.0 Å². The highest BCUT2D eigenvalue weighted by molar-refractivity contribution is 5.88.